The van der Waals surface area contributed by atoms with Crippen LogP contribution in [-0.2, 0) is 9.59 Å². The largest absolute Gasteiger partial charge is 0.339 e. The Morgan fingerprint density at radius 1 is 1.10 bits per heavy atom. The van der Waals surface area contributed by atoms with Crippen LogP contribution in [0.4, 0.5) is 10.5 Å². The van der Waals surface area contributed by atoms with Gasteiger partial charge < -0.3 is 15.5 Å². The van der Waals surface area contributed by atoms with E-state index >= 15 is 0 Å². The van der Waals surface area contributed by atoms with Gasteiger partial charge in [0.15, 0.2) is 0 Å². The number of hydrogen-bond acceptors (Lipinski definition) is 4. The highest BCUT2D eigenvalue weighted by Gasteiger charge is 2.54. The molecule has 1 aromatic rings. The second-order valence-corrected chi connectivity index (χ2v) is 8.56. The van der Waals surface area contributed by atoms with Crippen molar-refractivity contribution >= 4 is 29.4 Å². The van der Waals surface area contributed by atoms with Gasteiger partial charge in [0.2, 0.25) is 5.91 Å². The van der Waals surface area contributed by atoms with Crippen molar-refractivity contribution in [1.82, 2.24) is 15.1 Å². The first-order valence-electron chi connectivity index (χ1n) is 10.7. The van der Waals surface area contributed by atoms with Crippen LogP contribution in [0, 0.1) is 6.92 Å². The molecule has 3 fully saturated rings. The molecule has 8 heteroatoms. The fourth-order valence-electron chi connectivity index (χ4n) is 4.80. The molecule has 1 atom stereocenters. The summed E-state index contributed by atoms with van der Waals surface area (Å²) in [5.41, 5.74) is 0.791. The number of hydrogen-bond donors (Lipinski definition) is 2. The number of rotatable bonds is 4. The van der Waals surface area contributed by atoms with Crippen LogP contribution in [0.15, 0.2) is 18.2 Å². The van der Waals surface area contributed by atoms with E-state index in [1.807, 2.05) is 13.0 Å². The predicted octanol–water partition coefficient (Wildman–Crippen LogP) is 2.42. The van der Waals surface area contributed by atoms with E-state index in [4.69, 9.17) is 0 Å². The molecule has 1 unspecified atom stereocenters. The van der Waals surface area contributed by atoms with Crippen molar-refractivity contribution in [3.05, 3.63) is 29.3 Å². The van der Waals surface area contributed by atoms with Gasteiger partial charge in [-0.2, -0.15) is 0 Å². The van der Waals surface area contributed by atoms with Crippen molar-refractivity contribution in [2.24, 2.45) is 0 Å². The molecule has 2 aliphatic heterocycles. The Balaban J connectivity index is 1.54. The zero-order chi connectivity index (χ0) is 21.5. The van der Waals surface area contributed by atoms with Gasteiger partial charge in [-0.05, 0) is 51.2 Å². The molecule has 2 saturated heterocycles. The lowest BCUT2D eigenvalue weighted by molar-refractivity contribution is -0.136. The summed E-state index contributed by atoms with van der Waals surface area (Å²) in [4.78, 5) is 54.3. The molecular weight excluding hydrogens is 384 g/mol. The van der Waals surface area contributed by atoms with Crippen molar-refractivity contribution < 1.29 is 19.2 Å². The average molecular weight is 412 g/mol. The Bertz CT molecular complexity index is 900. The lowest BCUT2D eigenvalue weighted by Crippen LogP contribution is -2.48. The minimum Gasteiger partial charge on any atom is -0.339 e. The predicted molar refractivity (Wildman–Crippen MR) is 111 cm³/mol. The summed E-state index contributed by atoms with van der Waals surface area (Å²) in [5.74, 6) is -0.923. The highest BCUT2D eigenvalue weighted by Crippen LogP contribution is 2.36. The minimum absolute atomic E-state index is 0.103. The van der Waals surface area contributed by atoms with Gasteiger partial charge >= 0.3 is 6.03 Å². The van der Waals surface area contributed by atoms with Gasteiger partial charge in [-0.25, -0.2) is 9.69 Å². The lowest BCUT2D eigenvalue weighted by atomic mass is 9.97. The van der Waals surface area contributed by atoms with Crippen LogP contribution in [0.2, 0.25) is 0 Å². The molecule has 2 N–H and O–H groups in total. The number of likely N-dealkylation sites (tertiary alicyclic amines) is 1. The molecule has 0 bridgehead atoms. The molecule has 2 heterocycles. The van der Waals surface area contributed by atoms with Crippen LogP contribution in [0.5, 0.6) is 0 Å². The molecule has 1 saturated carbocycles. The average Bonchev–Trinajstić information content (AvgIpc) is 3.44. The number of aryl methyl sites for hydroxylation is 1. The van der Waals surface area contributed by atoms with Crippen LogP contribution in [0.1, 0.15) is 61.4 Å². The van der Waals surface area contributed by atoms with Gasteiger partial charge in [-0.15, -0.1) is 0 Å². The fraction of sp³-hybridized carbons (Fsp3) is 0.545. The van der Waals surface area contributed by atoms with Crippen molar-refractivity contribution in [1.29, 1.82) is 0 Å². The Morgan fingerprint density at radius 3 is 2.43 bits per heavy atom. The van der Waals surface area contributed by atoms with Crippen LogP contribution in [0.25, 0.3) is 0 Å². The smallest absolute Gasteiger partial charge is 0.325 e. The number of nitrogens with zero attached hydrogens (tertiary/aromatic N) is 2. The SMILES string of the molecule is Cc1cccc(NC(=O)C(C)N2C(=O)NC3(CCCC3)C2=O)c1C(=O)N1CCCC1. The summed E-state index contributed by atoms with van der Waals surface area (Å²) in [6, 6.07) is 3.79. The maximum Gasteiger partial charge on any atom is 0.325 e. The molecule has 1 aliphatic carbocycles. The molecule has 1 aromatic carbocycles. The van der Waals surface area contributed by atoms with Gasteiger partial charge in [0.1, 0.15) is 11.6 Å². The summed E-state index contributed by atoms with van der Waals surface area (Å²) in [6.45, 7) is 4.80. The van der Waals surface area contributed by atoms with E-state index < -0.39 is 23.5 Å². The summed E-state index contributed by atoms with van der Waals surface area (Å²) in [7, 11) is 0. The lowest BCUT2D eigenvalue weighted by Gasteiger charge is -2.24. The maximum absolute atomic E-state index is 13.0. The number of anilines is 1. The normalized spacial score (nSPS) is 21.3. The molecule has 8 nitrogen and oxygen atoms in total. The molecule has 0 radical (unpaired) electrons. The molecule has 1 spiro atoms. The molecule has 4 rings (SSSR count). The Kier molecular flexibility index (Phi) is 5.26. The number of carbonyl (C=O) groups is 4. The molecule has 5 amide bonds. The van der Waals surface area contributed by atoms with E-state index in [2.05, 4.69) is 10.6 Å². The Labute approximate surface area is 176 Å². The zero-order valence-corrected chi connectivity index (χ0v) is 17.5. The van der Waals surface area contributed by atoms with E-state index in [0.29, 0.717) is 37.2 Å². The highest BCUT2D eigenvalue weighted by atomic mass is 16.2. The van der Waals surface area contributed by atoms with E-state index in [1.165, 1.54) is 0 Å². The van der Waals surface area contributed by atoms with Crippen LogP contribution in [0.3, 0.4) is 0 Å². The third-order valence-electron chi connectivity index (χ3n) is 6.55. The van der Waals surface area contributed by atoms with E-state index in [1.54, 1.807) is 24.0 Å². The van der Waals surface area contributed by atoms with Gasteiger partial charge in [-0.1, -0.05) is 25.0 Å². The van der Waals surface area contributed by atoms with Crippen molar-refractivity contribution in [2.45, 2.75) is 64.0 Å². The standard InChI is InChI=1S/C22H28N4O4/c1-14-8-7-9-16(17(14)19(28)25-12-5-6-13-25)23-18(27)15(2)26-20(29)22(24-21(26)30)10-3-4-11-22/h7-9,15H,3-6,10-13H2,1-2H3,(H,23,27)(H,24,30). The maximum atomic E-state index is 13.0. The van der Waals surface area contributed by atoms with Crippen LogP contribution in [-0.4, -0.2) is 58.2 Å². The van der Waals surface area contributed by atoms with Gasteiger partial charge in [0, 0.05) is 13.1 Å². The van der Waals surface area contributed by atoms with E-state index in [0.717, 1.165) is 36.1 Å². The molecule has 30 heavy (non-hydrogen) atoms. The van der Waals surface area contributed by atoms with Crippen molar-refractivity contribution in [3.8, 4) is 0 Å². The highest BCUT2D eigenvalue weighted by molar-refractivity contribution is 6.12. The first kappa shape index (κ1) is 20.4. The van der Waals surface area contributed by atoms with E-state index in [9.17, 15) is 19.2 Å². The summed E-state index contributed by atoms with van der Waals surface area (Å²) in [5, 5.41) is 5.59. The zero-order valence-electron chi connectivity index (χ0n) is 17.5. The third-order valence-corrected chi connectivity index (χ3v) is 6.55. The first-order chi connectivity index (χ1) is 14.3. The summed E-state index contributed by atoms with van der Waals surface area (Å²) in [6.07, 6.45) is 4.93. The van der Waals surface area contributed by atoms with Crippen LogP contribution >= 0.6 is 0 Å². The molecule has 160 valence electrons. The van der Waals surface area contributed by atoms with Crippen molar-refractivity contribution in [2.75, 3.05) is 18.4 Å². The topological polar surface area (TPSA) is 98.8 Å². The van der Waals surface area contributed by atoms with Crippen molar-refractivity contribution in [3.63, 3.8) is 0 Å². The molecule has 3 aliphatic rings. The van der Waals surface area contributed by atoms with Crippen LogP contribution < -0.4 is 10.6 Å². The first-order valence-corrected chi connectivity index (χ1v) is 10.7. The number of carbonyl (C=O) groups excluding carboxylic acids is 4. The minimum atomic E-state index is -0.979. The molecule has 0 aromatic heterocycles. The van der Waals surface area contributed by atoms with Gasteiger partial charge in [-0.3, -0.25) is 14.4 Å². The monoisotopic (exact) mass is 412 g/mol. The third kappa shape index (κ3) is 3.34. The second-order valence-electron chi connectivity index (χ2n) is 8.56. The number of nitrogens with one attached hydrogen (secondary N) is 2. The fourth-order valence-corrected chi connectivity index (χ4v) is 4.80. The number of benzene rings is 1. The Hall–Kier alpha value is -2.90. The summed E-state index contributed by atoms with van der Waals surface area (Å²) < 4.78 is 0. The number of urea groups is 1. The number of amides is 5. The quantitative estimate of drug-likeness (QED) is 0.742. The van der Waals surface area contributed by atoms with E-state index in [-0.39, 0.29) is 11.8 Å². The van der Waals surface area contributed by atoms with Gasteiger partial charge in [0.25, 0.3) is 11.8 Å². The van der Waals surface area contributed by atoms with Gasteiger partial charge in [0.05, 0.1) is 11.3 Å². The Morgan fingerprint density at radius 2 is 1.77 bits per heavy atom. The number of imide groups is 1. The second kappa shape index (κ2) is 7.74. The molecular formula is C22H28N4O4. The summed E-state index contributed by atoms with van der Waals surface area (Å²) >= 11 is 0.